The Balaban J connectivity index is 2.56. The van der Waals surface area contributed by atoms with Gasteiger partial charge in [0.15, 0.2) is 0 Å². The number of halogens is 1. The summed E-state index contributed by atoms with van der Waals surface area (Å²) in [7, 11) is 0. The lowest BCUT2D eigenvalue weighted by atomic mass is 10.3. The predicted molar refractivity (Wildman–Crippen MR) is 50.2 cm³/mol. The van der Waals surface area contributed by atoms with Crippen LogP contribution in [0.2, 0.25) is 0 Å². The minimum atomic E-state index is -0.558. The van der Waals surface area contributed by atoms with Gasteiger partial charge in [0, 0.05) is 0 Å². The molecular formula is C10H9ClO. The number of ether oxygens (including phenoxy) is 1. The third-order valence-electron chi connectivity index (χ3n) is 1.24. The quantitative estimate of drug-likeness (QED) is 0.502. The average molecular weight is 181 g/mol. The van der Waals surface area contributed by atoms with Gasteiger partial charge in [0.2, 0.25) is 5.56 Å². The van der Waals surface area contributed by atoms with E-state index in [4.69, 9.17) is 16.3 Å². The van der Waals surface area contributed by atoms with Crippen molar-refractivity contribution in [2.75, 3.05) is 0 Å². The molecule has 0 aromatic heterocycles. The largest absolute Gasteiger partial charge is 0.463 e. The van der Waals surface area contributed by atoms with Crippen molar-refractivity contribution in [3.05, 3.63) is 30.3 Å². The summed E-state index contributed by atoms with van der Waals surface area (Å²) in [5, 5.41) is 0. The summed E-state index contributed by atoms with van der Waals surface area (Å²) in [5.74, 6) is 6.10. The molecule has 0 bridgehead atoms. The Morgan fingerprint density at radius 3 is 2.58 bits per heavy atom. The molecule has 1 aromatic carbocycles. The minimum Gasteiger partial charge on any atom is -0.463 e. The molecule has 0 saturated carbocycles. The van der Waals surface area contributed by atoms with Crippen LogP contribution in [0.25, 0.3) is 0 Å². The molecule has 2 heteroatoms. The van der Waals surface area contributed by atoms with Gasteiger partial charge >= 0.3 is 0 Å². The van der Waals surface area contributed by atoms with E-state index in [1.807, 2.05) is 30.3 Å². The topological polar surface area (TPSA) is 9.23 Å². The number of hydrogen-bond acceptors (Lipinski definition) is 1. The lowest BCUT2D eigenvalue weighted by Gasteiger charge is -2.05. The zero-order valence-electron chi connectivity index (χ0n) is 6.75. The molecular weight excluding hydrogens is 172 g/mol. The van der Waals surface area contributed by atoms with Crippen molar-refractivity contribution in [1.82, 2.24) is 0 Å². The lowest BCUT2D eigenvalue weighted by Crippen LogP contribution is -2.04. The van der Waals surface area contributed by atoms with E-state index in [0.717, 1.165) is 5.75 Å². The molecule has 1 rings (SSSR count). The van der Waals surface area contributed by atoms with Crippen LogP contribution in [-0.4, -0.2) is 5.56 Å². The zero-order chi connectivity index (χ0) is 8.81. The van der Waals surface area contributed by atoms with Gasteiger partial charge < -0.3 is 4.74 Å². The van der Waals surface area contributed by atoms with Crippen LogP contribution in [0.1, 0.15) is 6.92 Å². The Hall–Kier alpha value is -1.13. The fraction of sp³-hybridized carbons (Fsp3) is 0.200. The van der Waals surface area contributed by atoms with Crippen molar-refractivity contribution >= 4 is 11.6 Å². The molecule has 1 nitrogen and oxygen atoms in total. The minimum absolute atomic E-state index is 0.558. The highest BCUT2D eigenvalue weighted by molar-refractivity contribution is 6.21. The Morgan fingerprint density at radius 1 is 1.33 bits per heavy atom. The number of benzene rings is 1. The third-order valence-corrected chi connectivity index (χ3v) is 1.44. The number of alkyl halides is 1. The maximum atomic E-state index is 5.72. The van der Waals surface area contributed by atoms with E-state index >= 15 is 0 Å². The number of para-hydroxylation sites is 1. The summed E-state index contributed by atoms with van der Waals surface area (Å²) in [5.41, 5.74) is -0.558. The smallest absolute Gasteiger partial charge is 0.234 e. The maximum absolute atomic E-state index is 5.72. The van der Waals surface area contributed by atoms with Gasteiger partial charge in [-0.25, -0.2) is 0 Å². The summed E-state index contributed by atoms with van der Waals surface area (Å²) in [4.78, 5) is 0. The Labute approximate surface area is 77.3 Å². The fourth-order valence-corrected chi connectivity index (χ4v) is 0.973. The normalized spacial score (nSPS) is 11.2. The molecule has 0 spiro atoms. The summed E-state index contributed by atoms with van der Waals surface area (Å²) in [6, 6.07) is 9.37. The van der Waals surface area contributed by atoms with E-state index in [0.29, 0.717) is 0 Å². The first-order valence-electron chi connectivity index (χ1n) is 3.61. The van der Waals surface area contributed by atoms with Crippen LogP contribution in [0.4, 0.5) is 0 Å². The number of rotatable bonds is 2. The van der Waals surface area contributed by atoms with Gasteiger partial charge in [-0.2, -0.15) is 0 Å². The maximum Gasteiger partial charge on any atom is 0.234 e. The first kappa shape index (κ1) is 8.96. The monoisotopic (exact) mass is 180 g/mol. The zero-order valence-corrected chi connectivity index (χ0v) is 7.51. The summed E-state index contributed by atoms with van der Waals surface area (Å²) < 4.78 is 5.25. The molecule has 0 aliphatic rings. The molecule has 0 aliphatic carbocycles. The second-order valence-corrected chi connectivity index (χ2v) is 2.54. The van der Waals surface area contributed by atoms with Crippen LogP contribution in [0, 0.1) is 11.8 Å². The van der Waals surface area contributed by atoms with Crippen molar-refractivity contribution < 1.29 is 4.74 Å². The molecule has 62 valence electrons. The van der Waals surface area contributed by atoms with Crippen LogP contribution >= 0.6 is 11.6 Å². The third kappa shape index (κ3) is 2.86. The van der Waals surface area contributed by atoms with Crippen LogP contribution in [0.15, 0.2) is 30.3 Å². The van der Waals surface area contributed by atoms with Gasteiger partial charge in [-0.05, 0) is 25.0 Å². The van der Waals surface area contributed by atoms with Gasteiger partial charge in [0.25, 0.3) is 0 Å². The first-order valence-corrected chi connectivity index (χ1v) is 4.04. The van der Waals surface area contributed by atoms with E-state index in [9.17, 15) is 0 Å². The van der Waals surface area contributed by atoms with Crippen molar-refractivity contribution in [3.63, 3.8) is 0 Å². The van der Waals surface area contributed by atoms with Crippen LogP contribution in [0.3, 0.4) is 0 Å². The molecule has 1 atom stereocenters. The molecule has 12 heavy (non-hydrogen) atoms. The van der Waals surface area contributed by atoms with Crippen molar-refractivity contribution in [3.8, 4) is 17.6 Å². The van der Waals surface area contributed by atoms with Gasteiger partial charge in [-0.1, -0.05) is 29.8 Å². The highest BCUT2D eigenvalue weighted by Crippen LogP contribution is 2.11. The van der Waals surface area contributed by atoms with E-state index in [1.165, 1.54) is 0 Å². The van der Waals surface area contributed by atoms with Crippen LogP contribution < -0.4 is 4.74 Å². The molecule has 0 saturated heterocycles. The predicted octanol–water partition coefficient (Wildman–Crippen LogP) is 2.65. The van der Waals surface area contributed by atoms with Gasteiger partial charge in [-0.15, -0.1) is 5.92 Å². The van der Waals surface area contributed by atoms with Gasteiger partial charge in [0.05, 0.1) is 0 Å². The molecule has 1 unspecified atom stereocenters. The summed E-state index contributed by atoms with van der Waals surface area (Å²) in [6.07, 6.45) is 0. The Bertz CT molecular complexity index is 284. The Kier molecular flexibility index (Phi) is 3.50. The highest BCUT2D eigenvalue weighted by atomic mass is 35.5. The molecule has 0 fully saturated rings. The molecule has 1 aromatic rings. The fourth-order valence-electron chi connectivity index (χ4n) is 0.761. The lowest BCUT2D eigenvalue weighted by molar-refractivity contribution is 0.334. The second-order valence-electron chi connectivity index (χ2n) is 2.14. The van der Waals surface area contributed by atoms with Crippen molar-refractivity contribution in [1.29, 1.82) is 0 Å². The van der Waals surface area contributed by atoms with Gasteiger partial charge in [-0.3, -0.25) is 0 Å². The van der Waals surface area contributed by atoms with E-state index in [-0.39, 0.29) is 0 Å². The van der Waals surface area contributed by atoms with E-state index < -0.39 is 5.56 Å². The van der Waals surface area contributed by atoms with Crippen molar-refractivity contribution in [2.45, 2.75) is 12.5 Å². The molecule has 0 aliphatic heterocycles. The number of hydrogen-bond donors (Lipinski definition) is 0. The van der Waals surface area contributed by atoms with Gasteiger partial charge in [0.1, 0.15) is 5.75 Å². The summed E-state index contributed by atoms with van der Waals surface area (Å²) in [6.45, 7) is 1.73. The van der Waals surface area contributed by atoms with Crippen LogP contribution in [-0.2, 0) is 0 Å². The summed E-state index contributed by atoms with van der Waals surface area (Å²) >= 11 is 5.72. The van der Waals surface area contributed by atoms with E-state index in [1.54, 1.807) is 6.92 Å². The molecule has 0 radical (unpaired) electrons. The second kappa shape index (κ2) is 4.69. The molecule has 0 heterocycles. The van der Waals surface area contributed by atoms with E-state index in [2.05, 4.69) is 11.8 Å². The molecule has 0 N–H and O–H groups in total. The van der Waals surface area contributed by atoms with Crippen molar-refractivity contribution in [2.24, 2.45) is 0 Å². The van der Waals surface area contributed by atoms with Crippen LogP contribution in [0.5, 0.6) is 5.75 Å². The Morgan fingerprint density at radius 2 is 2.00 bits per heavy atom. The average Bonchev–Trinajstić information content (AvgIpc) is 2.06. The molecule has 0 amide bonds. The first-order chi connectivity index (χ1) is 5.83. The SMILES string of the molecule is CC#CC(Cl)Oc1ccccc1. The highest BCUT2D eigenvalue weighted by Gasteiger charge is 1.99. The standard InChI is InChI=1S/C10H9ClO/c1-2-6-10(11)12-9-7-4-3-5-8-9/h3-5,7-8,10H,1H3.